The summed E-state index contributed by atoms with van der Waals surface area (Å²) in [6.45, 7) is 1.11. The molecule has 0 spiro atoms. The second-order valence-corrected chi connectivity index (χ2v) is 9.37. The third-order valence-corrected chi connectivity index (χ3v) is 6.51. The third-order valence-electron chi connectivity index (χ3n) is 5.39. The van der Waals surface area contributed by atoms with E-state index in [1.165, 1.54) is 22.9 Å². The number of ketones is 1. The quantitative estimate of drug-likeness (QED) is 0.255. The van der Waals surface area contributed by atoms with E-state index in [2.05, 4.69) is 20.7 Å². The Kier molecular flexibility index (Phi) is 8.36. The number of halogens is 4. The molecule has 4 rings (SSSR count). The Morgan fingerprint density at radius 3 is 2.54 bits per heavy atom. The van der Waals surface area contributed by atoms with E-state index in [-0.39, 0.29) is 23.2 Å². The number of aromatic nitrogens is 2. The first-order chi connectivity index (χ1) is 18.5. The van der Waals surface area contributed by atoms with E-state index in [0.717, 1.165) is 11.6 Å². The lowest BCUT2D eigenvalue weighted by molar-refractivity contribution is -0.137. The number of ether oxygens (including phenoxy) is 1. The Morgan fingerprint density at radius 1 is 1.15 bits per heavy atom. The van der Waals surface area contributed by atoms with Gasteiger partial charge in [-0.05, 0) is 49.4 Å². The SMILES string of the molecule is COc1ccc(-c2csc(=Nc3cccc(C(C)=O)c3)n2NC(=O)CNc2ncc(C(F)(F)F)cc2Cl)cc1. The van der Waals surface area contributed by atoms with Crippen LogP contribution in [0.25, 0.3) is 11.3 Å². The number of Topliss-reactive ketones (excluding diaryl/α,β-unsaturated/α-hetero) is 1. The highest BCUT2D eigenvalue weighted by atomic mass is 35.5. The van der Waals surface area contributed by atoms with Crippen LogP contribution < -0.4 is 20.3 Å². The predicted octanol–water partition coefficient (Wildman–Crippen LogP) is 5.91. The van der Waals surface area contributed by atoms with E-state index in [1.54, 1.807) is 48.9 Å². The number of carbonyl (C=O) groups is 2. The van der Waals surface area contributed by atoms with Gasteiger partial charge >= 0.3 is 6.18 Å². The van der Waals surface area contributed by atoms with Gasteiger partial charge in [-0.2, -0.15) is 13.2 Å². The molecule has 1 amide bonds. The fourth-order valence-corrected chi connectivity index (χ4v) is 4.52. The van der Waals surface area contributed by atoms with Gasteiger partial charge in [0.1, 0.15) is 11.6 Å². The van der Waals surface area contributed by atoms with Gasteiger partial charge in [-0.15, -0.1) is 11.3 Å². The van der Waals surface area contributed by atoms with E-state index in [4.69, 9.17) is 16.3 Å². The Labute approximate surface area is 229 Å². The minimum atomic E-state index is -4.59. The number of anilines is 1. The molecule has 2 aromatic heterocycles. The molecule has 2 heterocycles. The number of nitrogens with one attached hydrogen (secondary N) is 2. The van der Waals surface area contributed by atoms with E-state index in [1.807, 2.05) is 12.1 Å². The lowest BCUT2D eigenvalue weighted by atomic mass is 10.1. The monoisotopic (exact) mass is 575 g/mol. The van der Waals surface area contributed by atoms with Crippen LogP contribution in [0, 0.1) is 0 Å². The van der Waals surface area contributed by atoms with Gasteiger partial charge in [0.05, 0.1) is 35.6 Å². The molecule has 0 aliphatic carbocycles. The van der Waals surface area contributed by atoms with Crippen LogP contribution in [-0.4, -0.2) is 35.0 Å². The van der Waals surface area contributed by atoms with Crippen molar-refractivity contribution in [2.45, 2.75) is 13.1 Å². The maximum Gasteiger partial charge on any atom is 0.417 e. The van der Waals surface area contributed by atoms with Crippen LogP contribution in [0.4, 0.5) is 24.7 Å². The molecule has 13 heteroatoms. The topological polar surface area (TPSA) is 97.6 Å². The fourth-order valence-electron chi connectivity index (χ4n) is 3.42. The predicted molar refractivity (Wildman–Crippen MR) is 143 cm³/mol. The van der Waals surface area contributed by atoms with Crippen molar-refractivity contribution in [3.8, 4) is 17.0 Å². The average Bonchev–Trinajstić information content (AvgIpc) is 3.29. The van der Waals surface area contributed by atoms with Gasteiger partial charge < -0.3 is 10.1 Å². The number of hydrogen-bond acceptors (Lipinski definition) is 7. The first-order valence-electron chi connectivity index (χ1n) is 11.3. The molecule has 39 heavy (non-hydrogen) atoms. The smallest absolute Gasteiger partial charge is 0.417 e. The lowest BCUT2D eigenvalue weighted by Gasteiger charge is -2.13. The first-order valence-corrected chi connectivity index (χ1v) is 12.6. The fraction of sp³-hybridized carbons (Fsp3) is 0.154. The Morgan fingerprint density at radius 2 is 1.90 bits per heavy atom. The maximum absolute atomic E-state index is 12.9. The lowest BCUT2D eigenvalue weighted by Crippen LogP contribution is -2.34. The Balaban J connectivity index is 1.63. The molecule has 0 radical (unpaired) electrons. The molecule has 2 N–H and O–H groups in total. The number of amides is 1. The molecule has 202 valence electrons. The first kappa shape index (κ1) is 27.9. The summed E-state index contributed by atoms with van der Waals surface area (Å²) in [4.78, 5) is 33.4. The molecule has 0 unspecified atom stereocenters. The number of nitrogens with zero attached hydrogens (tertiary/aromatic N) is 3. The van der Waals surface area contributed by atoms with Crippen LogP contribution >= 0.6 is 22.9 Å². The molecule has 0 saturated heterocycles. The van der Waals surface area contributed by atoms with Gasteiger partial charge in [0, 0.05) is 22.7 Å². The zero-order chi connectivity index (χ0) is 28.2. The standard InChI is InChI=1S/C26H21ClF3N5O3S/c1-15(36)17-4-3-5-19(10-17)33-25-35(22(14-39-25)16-6-8-20(38-2)9-7-16)34-23(37)13-32-24-21(27)11-18(12-31-24)26(28,29)30/h3-12,14H,13H2,1-2H3,(H,31,32)(H,34,37). The normalized spacial score (nSPS) is 11.8. The molecular weight excluding hydrogens is 555 g/mol. The summed E-state index contributed by atoms with van der Waals surface area (Å²) in [5.74, 6) is -0.0723. The zero-order valence-electron chi connectivity index (χ0n) is 20.5. The van der Waals surface area contributed by atoms with Crippen molar-refractivity contribution < 1.29 is 27.5 Å². The van der Waals surface area contributed by atoms with Crippen LogP contribution in [0.5, 0.6) is 5.75 Å². The second-order valence-electron chi connectivity index (χ2n) is 8.13. The minimum Gasteiger partial charge on any atom is -0.497 e. The van der Waals surface area contributed by atoms with Crippen molar-refractivity contribution in [2.75, 3.05) is 24.4 Å². The number of rotatable bonds is 8. The summed E-state index contributed by atoms with van der Waals surface area (Å²) in [6, 6.07) is 14.7. The molecular formula is C26H21ClF3N5O3S. The van der Waals surface area contributed by atoms with Gasteiger partial charge in [-0.1, -0.05) is 23.7 Å². The zero-order valence-corrected chi connectivity index (χ0v) is 22.1. The number of pyridine rings is 1. The van der Waals surface area contributed by atoms with Gasteiger partial charge in [-0.25, -0.2) is 14.7 Å². The van der Waals surface area contributed by atoms with Crippen molar-refractivity contribution in [3.63, 3.8) is 0 Å². The molecule has 0 aliphatic rings. The Bertz CT molecular complexity index is 1580. The maximum atomic E-state index is 12.9. The van der Waals surface area contributed by atoms with Crippen molar-refractivity contribution in [2.24, 2.45) is 4.99 Å². The molecule has 0 fully saturated rings. The van der Waals surface area contributed by atoms with Crippen LogP contribution in [0.3, 0.4) is 0 Å². The largest absolute Gasteiger partial charge is 0.497 e. The molecule has 0 bridgehead atoms. The summed E-state index contributed by atoms with van der Waals surface area (Å²) in [6.07, 6.45) is -3.96. The summed E-state index contributed by atoms with van der Waals surface area (Å²) in [5, 5.41) is 4.18. The van der Waals surface area contributed by atoms with Crippen molar-refractivity contribution in [1.29, 1.82) is 0 Å². The molecule has 0 saturated carbocycles. The van der Waals surface area contributed by atoms with Gasteiger partial charge in [-0.3, -0.25) is 15.0 Å². The number of hydrogen-bond donors (Lipinski definition) is 2. The van der Waals surface area contributed by atoms with Crippen molar-refractivity contribution in [1.82, 2.24) is 9.66 Å². The molecule has 8 nitrogen and oxygen atoms in total. The average molecular weight is 576 g/mol. The number of alkyl halides is 3. The third kappa shape index (κ3) is 6.84. The molecule has 2 aromatic carbocycles. The molecule has 0 atom stereocenters. The van der Waals surface area contributed by atoms with E-state index in [0.29, 0.717) is 33.7 Å². The minimum absolute atomic E-state index is 0.0727. The second kappa shape index (κ2) is 11.7. The van der Waals surface area contributed by atoms with Crippen LogP contribution in [0.2, 0.25) is 5.02 Å². The van der Waals surface area contributed by atoms with Gasteiger partial charge in [0.25, 0.3) is 5.91 Å². The van der Waals surface area contributed by atoms with Crippen LogP contribution in [0.1, 0.15) is 22.8 Å². The molecule has 4 aromatic rings. The summed E-state index contributed by atoms with van der Waals surface area (Å²) in [5.41, 5.74) is 4.12. The van der Waals surface area contributed by atoms with Gasteiger partial charge in [0.15, 0.2) is 5.78 Å². The number of carbonyl (C=O) groups excluding carboxylic acids is 2. The summed E-state index contributed by atoms with van der Waals surface area (Å²) >= 11 is 7.19. The van der Waals surface area contributed by atoms with Crippen molar-refractivity contribution >= 4 is 46.1 Å². The van der Waals surface area contributed by atoms with Crippen LogP contribution in [0.15, 0.2) is 71.2 Å². The summed E-state index contributed by atoms with van der Waals surface area (Å²) < 4.78 is 45.4. The number of thiazole rings is 1. The highest BCUT2D eigenvalue weighted by Crippen LogP contribution is 2.32. The van der Waals surface area contributed by atoms with Crippen LogP contribution in [-0.2, 0) is 11.0 Å². The molecule has 0 aliphatic heterocycles. The van der Waals surface area contributed by atoms with Gasteiger partial charge in [0.2, 0.25) is 4.80 Å². The van der Waals surface area contributed by atoms with E-state index < -0.39 is 17.6 Å². The summed E-state index contributed by atoms with van der Waals surface area (Å²) in [7, 11) is 1.55. The van der Waals surface area contributed by atoms with Crippen molar-refractivity contribution in [3.05, 3.63) is 87.1 Å². The van der Waals surface area contributed by atoms with E-state index in [9.17, 15) is 22.8 Å². The number of benzene rings is 2. The Hall–Kier alpha value is -4.16. The highest BCUT2D eigenvalue weighted by molar-refractivity contribution is 7.07. The number of methoxy groups -OCH3 is 1. The van der Waals surface area contributed by atoms with E-state index >= 15 is 0 Å². The highest BCUT2D eigenvalue weighted by Gasteiger charge is 2.31.